The van der Waals surface area contributed by atoms with Crippen LogP contribution in [0, 0.1) is 0 Å². The van der Waals surface area contributed by atoms with E-state index in [0.29, 0.717) is 11.1 Å². The molecule has 0 bridgehead atoms. The second-order valence-corrected chi connectivity index (χ2v) is 3.73. The molecule has 0 unspecified atom stereocenters. The Hall–Kier alpha value is -2.50. The molecule has 19 heavy (non-hydrogen) atoms. The monoisotopic (exact) mass is 264 g/mol. The number of benzene rings is 1. The number of hydrogen-bond donors (Lipinski definition) is 1. The molecular weight excluding hydrogens is 254 g/mol. The lowest BCUT2D eigenvalue weighted by molar-refractivity contribution is -0.0498. The maximum Gasteiger partial charge on any atom is 0.387 e. The van der Waals surface area contributed by atoms with Gasteiger partial charge in [-0.15, -0.1) is 0 Å². The fourth-order valence-corrected chi connectivity index (χ4v) is 1.58. The summed E-state index contributed by atoms with van der Waals surface area (Å²) in [4.78, 5) is 14.9. The lowest BCUT2D eigenvalue weighted by Gasteiger charge is -2.07. The number of nitrogens with two attached hydrogens (primary N) is 1. The number of carbonyl (C=O) groups excluding carboxylic acids is 1. The molecule has 0 aliphatic rings. The number of ether oxygens (including phenoxy) is 1. The van der Waals surface area contributed by atoms with Crippen LogP contribution in [-0.2, 0) is 0 Å². The molecule has 2 rings (SSSR count). The van der Waals surface area contributed by atoms with Gasteiger partial charge in [-0.3, -0.25) is 9.78 Å². The zero-order chi connectivity index (χ0) is 13.8. The highest BCUT2D eigenvalue weighted by Gasteiger charge is 2.07. The van der Waals surface area contributed by atoms with Gasteiger partial charge in [0.15, 0.2) is 0 Å². The quantitative estimate of drug-likeness (QED) is 0.922. The van der Waals surface area contributed by atoms with E-state index in [9.17, 15) is 13.6 Å². The molecule has 4 nitrogen and oxygen atoms in total. The van der Waals surface area contributed by atoms with Gasteiger partial charge < -0.3 is 10.5 Å². The zero-order valence-electron chi connectivity index (χ0n) is 9.72. The van der Waals surface area contributed by atoms with E-state index in [0.717, 1.165) is 0 Å². The van der Waals surface area contributed by atoms with Crippen molar-refractivity contribution in [2.75, 3.05) is 0 Å². The molecule has 6 heteroatoms. The third-order valence-corrected chi connectivity index (χ3v) is 2.42. The van der Waals surface area contributed by atoms with Gasteiger partial charge in [0, 0.05) is 18.0 Å². The number of carbonyl (C=O) groups is 1. The maximum absolute atomic E-state index is 12.1. The van der Waals surface area contributed by atoms with Crippen molar-refractivity contribution < 1.29 is 18.3 Å². The molecule has 0 saturated heterocycles. The molecule has 1 aromatic heterocycles. The summed E-state index contributed by atoms with van der Waals surface area (Å²) in [7, 11) is 0. The number of pyridine rings is 1. The van der Waals surface area contributed by atoms with E-state index in [2.05, 4.69) is 9.72 Å². The van der Waals surface area contributed by atoms with Crippen molar-refractivity contribution in [3.8, 4) is 16.9 Å². The van der Waals surface area contributed by atoms with Gasteiger partial charge in [-0.1, -0.05) is 12.1 Å². The van der Waals surface area contributed by atoms with Gasteiger partial charge in [0.05, 0.1) is 5.56 Å². The number of alkyl halides is 2. The van der Waals surface area contributed by atoms with Crippen LogP contribution in [-0.4, -0.2) is 17.5 Å². The average Bonchev–Trinajstić information content (AvgIpc) is 2.38. The summed E-state index contributed by atoms with van der Waals surface area (Å²) < 4.78 is 28.6. The predicted octanol–water partition coefficient (Wildman–Crippen LogP) is 2.45. The third kappa shape index (κ3) is 3.25. The molecule has 1 heterocycles. The van der Waals surface area contributed by atoms with Crippen LogP contribution < -0.4 is 10.5 Å². The van der Waals surface area contributed by atoms with Crippen LogP contribution >= 0.6 is 0 Å². The van der Waals surface area contributed by atoms with Gasteiger partial charge in [-0.05, 0) is 23.8 Å². The van der Waals surface area contributed by atoms with Gasteiger partial charge in [-0.25, -0.2) is 0 Å². The lowest BCUT2D eigenvalue weighted by Crippen LogP contribution is -2.11. The standard InChI is InChI=1S/C13H10F2N2O2/c14-13(15)19-11-3-1-2-8(5-11)9-4-10(12(16)18)7-17-6-9/h1-7,13H,(H2,16,18). The van der Waals surface area contributed by atoms with Crippen molar-refractivity contribution in [2.45, 2.75) is 6.61 Å². The first-order chi connectivity index (χ1) is 9.06. The fraction of sp³-hybridized carbons (Fsp3) is 0.0769. The van der Waals surface area contributed by atoms with E-state index in [4.69, 9.17) is 5.73 Å². The minimum Gasteiger partial charge on any atom is -0.435 e. The Labute approximate surface area is 107 Å². The second kappa shape index (κ2) is 5.43. The van der Waals surface area contributed by atoms with Crippen molar-refractivity contribution in [2.24, 2.45) is 5.73 Å². The molecule has 0 spiro atoms. The number of aromatic nitrogens is 1. The molecule has 0 fully saturated rings. The van der Waals surface area contributed by atoms with E-state index >= 15 is 0 Å². The van der Waals surface area contributed by atoms with Crippen LogP contribution in [0.3, 0.4) is 0 Å². The molecule has 98 valence electrons. The molecule has 0 aliphatic carbocycles. The molecule has 2 N–H and O–H groups in total. The number of amides is 1. The first-order valence-corrected chi connectivity index (χ1v) is 5.36. The van der Waals surface area contributed by atoms with Crippen molar-refractivity contribution in [3.05, 3.63) is 48.3 Å². The van der Waals surface area contributed by atoms with Crippen molar-refractivity contribution in [1.29, 1.82) is 0 Å². The summed E-state index contributed by atoms with van der Waals surface area (Å²) in [6.07, 6.45) is 2.85. The Morgan fingerprint density at radius 1 is 1.21 bits per heavy atom. The highest BCUT2D eigenvalue weighted by atomic mass is 19.3. The number of nitrogens with zero attached hydrogens (tertiary/aromatic N) is 1. The van der Waals surface area contributed by atoms with Gasteiger partial charge in [-0.2, -0.15) is 8.78 Å². The number of primary amides is 1. The summed E-state index contributed by atoms with van der Waals surface area (Å²) in [6, 6.07) is 7.66. The van der Waals surface area contributed by atoms with Crippen LogP contribution in [0.25, 0.3) is 11.1 Å². The first kappa shape index (κ1) is 12.9. The summed E-state index contributed by atoms with van der Waals surface area (Å²) in [5, 5.41) is 0. The van der Waals surface area contributed by atoms with Gasteiger partial charge in [0.1, 0.15) is 5.75 Å². The number of rotatable bonds is 4. The molecule has 1 aromatic carbocycles. The van der Waals surface area contributed by atoms with E-state index in [1.165, 1.54) is 30.6 Å². The van der Waals surface area contributed by atoms with Gasteiger partial charge in [0.25, 0.3) is 0 Å². The molecular formula is C13H10F2N2O2. The Morgan fingerprint density at radius 3 is 2.68 bits per heavy atom. The molecule has 0 radical (unpaired) electrons. The summed E-state index contributed by atoms with van der Waals surface area (Å²) in [5.74, 6) is -0.564. The molecule has 2 aromatic rings. The smallest absolute Gasteiger partial charge is 0.387 e. The third-order valence-electron chi connectivity index (χ3n) is 2.42. The fourth-order valence-electron chi connectivity index (χ4n) is 1.58. The van der Waals surface area contributed by atoms with Crippen LogP contribution in [0.2, 0.25) is 0 Å². The predicted molar refractivity (Wildman–Crippen MR) is 64.8 cm³/mol. The zero-order valence-corrected chi connectivity index (χ0v) is 9.72. The van der Waals surface area contributed by atoms with E-state index in [1.54, 1.807) is 12.1 Å². The number of halogens is 2. The second-order valence-electron chi connectivity index (χ2n) is 3.73. The first-order valence-electron chi connectivity index (χ1n) is 5.36. The lowest BCUT2D eigenvalue weighted by atomic mass is 10.1. The number of hydrogen-bond acceptors (Lipinski definition) is 3. The van der Waals surface area contributed by atoms with Crippen LogP contribution in [0.4, 0.5) is 8.78 Å². The largest absolute Gasteiger partial charge is 0.435 e. The molecule has 0 saturated carbocycles. The summed E-state index contributed by atoms with van der Waals surface area (Å²) >= 11 is 0. The topological polar surface area (TPSA) is 65.2 Å². The van der Waals surface area contributed by atoms with Crippen molar-refractivity contribution in [1.82, 2.24) is 4.98 Å². The molecule has 0 aliphatic heterocycles. The van der Waals surface area contributed by atoms with E-state index in [-0.39, 0.29) is 11.3 Å². The average molecular weight is 264 g/mol. The molecule has 0 atom stereocenters. The normalized spacial score (nSPS) is 10.5. The van der Waals surface area contributed by atoms with Crippen LogP contribution in [0.5, 0.6) is 5.75 Å². The van der Waals surface area contributed by atoms with Gasteiger partial charge in [0.2, 0.25) is 5.91 Å². The minimum absolute atomic E-state index is 0.0389. The molecule has 1 amide bonds. The Balaban J connectivity index is 2.36. The van der Waals surface area contributed by atoms with E-state index < -0.39 is 12.5 Å². The van der Waals surface area contributed by atoms with Crippen molar-refractivity contribution in [3.63, 3.8) is 0 Å². The van der Waals surface area contributed by atoms with Gasteiger partial charge >= 0.3 is 6.61 Å². The highest BCUT2D eigenvalue weighted by Crippen LogP contribution is 2.24. The maximum atomic E-state index is 12.1. The Bertz CT molecular complexity index is 603. The minimum atomic E-state index is -2.88. The van der Waals surface area contributed by atoms with Crippen LogP contribution in [0.15, 0.2) is 42.7 Å². The Kier molecular flexibility index (Phi) is 3.70. The Morgan fingerprint density at radius 2 is 2.00 bits per heavy atom. The highest BCUT2D eigenvalue weighted by molar-refractivity contribution is 5.93. The SMILES string of the molecule is NC(=O)c1cncc(-c2cccc(OC(F)F)c2)c1. The van der Waals surface area contributed by atoms with Crippen LogP contribution in [0.1, 0.15) is 10.4 Å². The summed E-state index contributed by atoms with van der Waals surface area (Å²) in [6.45, 7) is -2.88. The summed E-state index contributed by atoms with van der Waals surface area (Å²) in [5.41, 5.74) is 6.60. The van der Waals surface area contributed by atoms with Crippen molar-refractivity contribution >= 4 is 5.91 Å². The van der Waals surface area contributed by atoms with E-state index in [1.807, 2.05) is 0 Å².